The molecule has 0 aromatic heterocycles. The van der Waals surface area contributed by atoms with Gasteiger partial charge in [-0.1, -0.05) is 33.8 Å². The van der Waals surface area contributed by atoms with Crippen molar-refractivity contribution in [3.05, 3.63) is 29.8 Å². The number of benzene rings is 1. The second-order valence-electron chi connectivity index (χ2n) is 6.11. The van der Waals surface area contributed by atoms with Crippen LogP contribution in [0.3, 0.4) is 0 Å². The maximum atomic E-state index is 11.9. The van der Waals surface area contributed by atoms with E-state index < -0.39 is 35.7 Å². The minimum Gasteiger partial charge on any atom is -0.504 e. The van der Waals surface area contributed by atoms with E-state index in [9.17, 15) is 35.1 Å². The van der Waals surface area contributed by atoms with Gasteiger partial charge in [0.2, 0.25) is 0 Å². The summed E-state index contributed by atoms with van der Waals surface area (Å²) >= 11 is 0. The van der Waals surface area contributed by atoms with E-state index in [0.29, 0.717) is 5.56 Å². The molecule has 5 N–H and O–H groups in total. The van der Waals surface area contributed by atoms with E-state index in [0.717, 1.165) is 13.0 Å². The van der Waals surface area contributed by atoms with Gasteiger partial charge in [-0.3, -0.25) is 4.79 Å². The first-order valence-electron chi connectivity index (χ1n) is 9.62. The standard InChI is InChI=1S/C17H20O8.2C2H6/c1-9(18)17(24)7-13(21)16(23)14(8-17)25-15(22)5-3-10-2-4-11(19)12(20)6-10;2*1-2/h2-6,13-14,16,19-21,23-24H,7-8H2,1H3;2*1-2H3/b5-3+;;/t13-,14-,16-,17+;;/m1../s1. The van der Waals surface area contributed by atoms with Gasteiger partial charge in [0.1, 0.15) is 17.8 Å². The number of ketones is 1. The molecule has 2 rings (SSSR count). The van der Waals surface area contributed by atoms with Crippen molar-refractivity contribution in [2.75, 3.05) is 0 Å². The third kappa shape index (κ3) is 7.49. The van der Waals surface area contributed by atoms with E-state index in [-0.39, 0.29) is 24.3 Å². The van der Waals surface area contributed by atoms with Crippen molar-refractivity contribution in [3.63, 3.8) is 0 Å². The van der Waals surface area contributed by atoms with Crippen LogP contribution in [0.15, 0.2) is 24.3 Å². The van der Waals surface area contributed by atoms with Crippen LogP contribution in [0.1, 0.15) is 53.0 Å². The quantitative estimate of drug-likeness (QED) is 0.286. The Labute approximate surface area is 171 Å². The van der Waals surface area contributed by atoms with Crippen molar-refractivity contribution in [2.24, 2.45) is 0 Å². The molecule has 1 saturated carbocycles. The zero-order valence-corrected chi connectivity index (χ0v) is 17.5. The molecule has 8 nitrogen and oxygen atoms in total. The number of carbonyl (C=O) groups excluding carboxylic acids is 2. The molecule has 8 heteroatoms. The van der Waals surface area contributed by atoms with Crippen molar-refractivity contribution in [1.29, 1.82) is 0 Å². The molecular weight excluding hydrogens is 380 g/mol. The van der Waals surface area contributed by atoms with Gasteiger partial charge in [0.15, 0.2) is 17.3 Å². The largest absolute Gasteiger partial charge is 0.504 e. The molecule has 164 valence electrons. The Balaban J connectivity index is 0.00000184. The summed E-state index contributed by atoms with van der Waals surface area (Å²) in [4.78, 5) is 23.4. The lowest BCUT2D eigenvalue weighted by molar-refractivity contribution is -0.185. The molecule has 0 bridgehead atoms. The lowest BCUT2D eigenvalue weighted by Gasteiger charge is -2.40. The van der Waals surface area contributed by atoms with Gasteiger partial charge in [0, 0.05) is 18.9 Å². The van der Waals surface area contributed by atoms with Gasteiger partial charge in [0.25, 0.3) is 0 Å². The highest BCUT2D eigenvalue weighted by molar-refractivity contribution is 5.88. The van der Waals surface area contributed by atoms with Gasteiger partial charge in [-0.2, -0.15) is 0 Å². The van der Waals surface area contributed by atoms with Crippen LogP contribution in [0.25, 0.3) is 6.08 Å². The normalized spacial score (nSPS) is 25.9. The Morgan fingerprint density at radius 1 is 1.07 bits per heavy atom. The summed E-state index contributed by atoms with van der Waals surface area (Å²) in [6, 6.07) is 3.92. The Bertz CT molecular complexity index is 700. The summed E-state index contributed by atoms with van der Waals surface area (Å²) in [5, 5.41) is 48.5. The maximum absolute atomic E-state index is 11.9. The van der Waals surface area contributed by atoms with Gasteiger partial charge in [0.05, 0.1) is 6.10 Å². The van der Waals surface area contributed by atoms with Crippen LogP contribution in [-0.2, 0) is 14.3 Å². The topological polar surface area (TPSA) is 145 Å². The fourth-order valence-corrected chi connectivity index (χ4v) is 2.65. The van der Waals surface area contributed by atoms with Crippen LogP contribution in [0, 0.1) is 0 Å². The Morgan fingerprint density at radius 2 is 1.66 bits per heavy atom. The zero-order valence-electron chi connectivity index (χ0n) is 17.5. The number of aromatic hydroxyl groups is 2. The lowest BCUT2D eigenvalue weighted by Crippen LogP contribution is -2.56. The highest BCUT2D eigenvalue weighted by Crippen LogP contribution is 2.32. The zero-order chi connectivity index (χ0) is 22.8. The molecule has 0 aliphatic heterocycles. The van der Waals surface area contributed by atoms with E-state index in [1.165, 1.54) is 24.3 Å². The van der Waals surface area contributed by atoms with E-state index in [4.69, 9.17) is 4.74 Å². The smallest absolute Gasteiger partial charge is 0.331 e. The fourth-order valence-electron chi connectivity index (χ4n) is 2.65. The summed E-state index contributed by atoms with van der Waals surface area (Å²) in [5.41, 5.74) is -1.45. The van der Waals surface area contributed by atoms with Crippen LogP contribution in [0.4, 0.5) is 0 Å². The number of carbonyl (C=O) groups is 2. The number of phenolic OH excluding ortho intramolecular Hbond substituents is 2. The van der Waals surface area contributed by atoms with E-state index in [1.807, 2.05) is 27.7 Å². The number of Topliss-reactive ketones (excluding diaryl/α,β-unsaturated/α-hetero) is 1. The molecule has 1 fully saturated rings. The van der Waals surface area contributed by atoms with Gasteiger partial charge in [-0.25, -0.2) is 4.79 Å². The number of hydrogen-bond acceptors (Lipinski definition) is 8. The first kappa shape index (κ1) is 26.6. The highest BCUT2D eigenvalue weighted by Gasteiger charge is 2.48. The Hall–Kier alpha value is -2.42. The Morgan fingerprint density at radius 3 is 2.17 bits per heavy atom. The minimum absolute atomic E-state index is 0.303. The van der Waals surface area contributed by atoms with Crippen LogP contribution in [0.2, 0.25) is 0 Å². The molecule has 29 heavy (non-hydrogen) atoms. The monoisotopic (exact) mass is 412 g/mol. The lowest BCUT2D eigenvalue weighted by atomic mass is 9.77. The highest BCUT2D eigenvalue weighted by atomic mass is 16.6. The van der Waals surface area contributed by atoms with Crippen LogP contribution >= 0.6 is 0 Å². The third-order valence-corrected chi connectivity index (χ3v) is 4.20. The summed E-state index contributed by atoms with van der Waals surface area (Å²) in [6.07, 6.45) is -2.40. The number of esters is 1. The van der Waals surface area contributed by atoms with Crippen molar-refractivity contribution in [2.45, 2.75) is 71.4 Å². The van der Waals surface area contributed by atoms with E-state index in [1.54, 1.807) is 0 Å². The Kier molecular flexibility index (Phi) is 11.2. The summed E-state index contributed by atoms with van der Waals surface area (Å²) in [6.45, 7) is 9.15. The molecule has 0 heterocycles. The van der Waals surface area contributed by atoms with Crippen LogP contribution in [-0.4, -0.2) is 61.2 Å². The second kappa shape index (κ2) is 12.2. The molecular formula is C21H32O8. The van der Waals surface area contributed by atoms with E-state index >= 15 is 0 Å². The van der Waals surface area contributed by atoms with Gasteiger partial charge < -0.3 is 30.3 Å². The molecule has 1 aliphatic rings. The predicted octanol–water partition coefficient (Wildman–Crippen LogP) is 1.91. The summed E-state index contributed by atoms with van der Waals surface area (Å²) in [5.74, 6) is -2.11. The van der Waals surface area contributed by atoms with Crippen molar-refractivity contribution >= 4 is 17.8 Å². The molecule has 0 amide bonds. The summed E-state index contributed by atoms with van der Waals surface area (Å²) < 4.78 is 5.04. The van der Waals surface area contributed by atoms with Crippen LogP contribution < -0.4 is 0 Å². The van der Waals surface area contributed by atoms with Crippen LogP contribution in [0.5, 0.6) is 11.5 Å². The maximum Gasteiger partial charge on any atom is 0.331 e. The molecule has 4 atom stereocenters. The molecule has 0 radical (unpaired) electrons. The number of aliphatic hydroxyl groups excluding tert-OH is 2. The average molecular weight is 412 g/mol. The molecule has 0 saturated heterocycles. The van der Waals surface area contributed by atoms with Crippen molar-refractivity contribution < 1.29 is 39.9 Å². The number of rotatable bonds is 4. The third-order valence-electron chi connectivity index (χ3n) is 4.20. The minimum atomic E-state index is -1.87. The molecule has 0 spiro atoms. The first-order valence-corrected chi connectivity index (χ1v) is 9.62. The number of ether oxygens (including phenoxy) is 1. The molecule has 1 aliphatic carbocycles. The fraction of sp³-hybridized carbons (Fsp3) is 0.524. The number of phenols is 2. The van der Waals surface area contributed by atoms with Gasteiger partial charge in [-0.05, 0) is 30.7 Å². The average Bonchev–Trinajstić information content (AvgIpc) is 2.69. The predicted molar refractivity (Wildman–Crippen MR) is 108 cm³/mol. The second-order valence-corrected chi connectivity index (χ2v) is 6.11. The molecule has 1 aromatic rings. The van der Waals surface area contributed by atoms with E-state index in [2.05, 4.69) is 0 Å². The molecule has 0 unspecified atom stereocenters. The van der Waals surface area contributed by atoms with Gasteiger partial charge in [-0.15, -0.1) is 0 Å². The first-order chi connectivity index (χ1) is 13.6. The number of hydrogen-bond donors (Lipinski definition) is 5. The van der Waals surface area contributed by atoms with Crippen molar-refractivity contribution in [3.8, 4) is 11.5 Å². The molecule has 1 aromatic carbocycles. The van der Waals surface area contributed by atoms with Gasteiger partial charge >= 0.3 is 5.97 Å². The van der Waals surface area contributed by atoms with Crippen molar-refractivity contribution in [1.82, 2.24) is 0 Å². The summed E-state index contributed by atoms with van der Waals surface area (Å²) in [7, 11) is 0. The number of aliphatic hydroxyl groups is 3. The SMILES string of the molecule is CC.CC.CC(=O)[C@]1(O)C[C@@H](O)[C@@H](O)[C@H](OC(=O)/C=C/c2ccc(O)c(O)c2)C1.